The van der Waals surface area contributed by atoms with Crippen LogP contribution in [-0.4, -0.2) is 22.6 Å². The van der Waals surface area contributed by atoms with Crippen LogP contribution >= 0.6 is 47.3 Å². The van der Waals surface area contributed by atoms with E-state index < -0.39 is 10.2 Å². The molecule has 1 aliphatic rings. The number of methoxy groups -OCH3 is 1. The van der Waals surface area contributed by atoms with E-state index in [-0.39, 0.29) is 11.2 Å². The zero-order valence-corrected chi connectivity index (χ0v) is 21.2. The van der Waals surface area contributed by atoms with E-state index in [2.05, 4.69) is 5.32 Å². The summed E-state index contributed by atoms with van der Waals surface area (Å²) in [6, 6.07) is 24.8. The Hall–Kier alpha value is -2.19. The Labute approximate surface area is 212 Å². The number of halogens is 1. The molecule has 170 valence electrons. The van der Waals surface area contributed by atoms with Crippen molar-refractivity contribution in [3.63, 3.8) is 0 Å². The first-order valence-corrected chi connectivity index (χ1v) is 12.8. The largest absolute Gasteiger partial charge is 0.497 e. The topological polar surface area (TPSA) is 47.6 Å². The van der Waals surface area contributed by atoms with Gasteiger partial charge in [-0.2, -0.15) is 0 Å². The average molecular weight is 516 g/mol. The smallest absolute Gasteiger partial charge is 0.322 e. The second-order valence-electron chi connectivity index (χ2n) is 7.50. The summed E-state index contributed by atoms with van der Waals surface area (Å²) in [6.07, 6.45) is 0. The van der Waals surface area contributed by atoms with Gasteiger partial charge in [-0.25, -0.2) is 0 Å². The summed E-state index contributed by atoms with van der Waals surface area (Å²) in [7, 11) is 1.63. The van der Waals surface area contributed by atoms with Crippen LogP contribution in [-0.2, 0) is 14.5 Å². The van der Waals surface area contributed by atoms with E-state index in [0.29, 0.717) is 9.34 Å². The molecular formula is C25H22ClNO3S3. The molecule has 1 heterocycles. The fraction of sp³-hybridized carbons (Fsp3) is 0.200. The van der Waals surface area contributed by atoms with Crippen molar-refractivity contribution < 1.29 is 14.3 Å². The Bertz CT molecular complexity index is 1130. The van der Waals surface area contributed by atoms with Crippen LogP contribution in [0.25, 0.3) is 0 Å². The van der Waals surface area contributed by atoms with E-state index in [4.69, 9.17) is 33.3 Å². The number of hydrogen-bond acceptors (Lipinski definition) is 6. The van der Waals surface area contributed by atoms with Crippen LogP contribution in [0.1, 0.15) is 23.3 Å². The third-order valence-electron chi connectivity index (χ3n) is 5.22. The van der Waals surface area contributed by atoms with Gasteiger partial charge in [0, 0.05) is 16.3 Å². The Morgan fingerprint density at radius 1 is 1.12 bits per heavy atom. The highest BCUT2D eigenvalue weighted by Crippen LogP contribution is 2.53. The minimum absolute atomic E-state index is 0.258. The van der Waals surface area contributed by atoms with Crippen molar-refractivity contribution in [2.75, 3.05) is 12.4 Å². The second kappa shape index (κ2) is 10.4. The molecule has 1 aliphatic heterocycles. The van der Waals surface area contributed by atoms with Gasteiger partial charge in [-0.3, -0.25) is 4.79 Å². The first-order valence-electron chi connectivity index (χ1n) is 10.2. The van der Waals surface area contributed by atoms with Gasteiger partial charge in [0.15, 0.2) is 4.93 Å². The molecule has 1 N–H and O–H groups in total. The van der Waals surface area contributed by atoms with Crippen LogP contribution < -0.4 is 10.1 Å². The van der Waals surface area contributed by atoms with Crippen LogP contribution in [0.3, 0.4) is 0 Å². The van der Waals surface area contributed by atoms with E-state index in [1.54, 1.807) is 7.11 Å². The molecule has 0 bridgehead atoms. The number of rotatable bonds is 6. The van der Waals surface area contributed by atoms with Crippen LogP contribution in [0.15, 0.2) is 78.9 Å². The van der Waals surface area contributed by atoms with Gasteiger partial charge in [-0.15, -0.1) is 0 Å². The summed E-state index contributed by atoms with van der Waals surface area (Å²) in [4.78, 5) is 12.3. The van der Waals surface area contributed by atoms with Gasteiger partial charge in [-0.05, 0) is 48.9 Å². The van der Waals surface area contributed by atoms with Crippen molar-refractivity contribution in [1.29, 1.82) is 0 Å². The summed E-state index contributed by atoms with van der Waals surface area (Å²) < 4.78 is 11.7. The number of hydrogen-bond donors (Lipinski definition) is 1. The van der Waals surface area contributed by atoms with E-state index in [9.17, 15) is 4.79 Å². The lowest BCUT2D eigenvalue weighted by molar-refractivity contribution is -0.147. The fourth-order valence-electron chi connectivity index (χ4n) is 3.51. The van der Waals surface area contributed by atoms with Gasteiger partial charge in [0.2, 0.25) is 0 Å². The summed E-state index contributed by atoms with van der Waals surface area (Å²) in [5, 5.41) is 3.18. The Morgan fingerprint density at radius 2 is 1.79 bits per heavy atom. The van der Waals surface area contributed by atoms with E-state index in [1.165, 1.54) is 23.5 Å². The van der Waals surface area contributed by atoms with Crippen molar-refractivity contribution >= 4 is 63.3 Å². The van der Waals surface area contributed by atoms with Gasteiger partial charge >= 0.3 is 5.97 Å². The third-order valence-corrected chi connectivity index (χ3v) is 8.64. The first-order chi connectivity index (χ1) is 15.9. The molecule has 0 spiro atoms. The predicted molar refractivity (Wildman–Crippen MR) is 142 cm³/mol. The zero-order chi connectivity index (χ0) is 23.4. The van der Waals surface area contributed by atoms with Gasteiger partial charge in [0.05, 0.1) is 12.4 Å². The van der Waals surface area contributed by atoms with Crippen molar-refractivity contribution in [3.05, 3.63) is 95.0 Å². The predicted octanol–water partition coefficient (Wildman–Crippen LogP) is 7.05. The molecule has 0 radical (unpaired) electrons. The molecule has 0 aliphatic carbocycles. The monoisotopic (exact) mass is 515 g/mol. The summed E-state index contributed by atoms with van der Waals surface area (Å²) in [5.74, 6) is 0.509. The number of anilines is 1. The van der Waals surface area contributed by atoms with Crippen LogP contribution in [0.4, 0.5) is 5.69 Å². The van der Waals surface area contributed by atoms with E-state index in [0.717, 1.165) is 22.6 Å². The molecule has 1 fully saturated rings. The van der Waals surface area contributed by atoms with Crippen molar-refractivity contribution in [1.82, 2.24) is 0 Å². The number of cyclic esters (lactones) is 1. The minimum atomic E-state index is -0.765. The quantitative estimate of drug-likeness (QED) is 0.278. The van der Waals surface area contributed by atoms with Gasteiger partial charge in [0.1, 0.15) is 15.3 Å². The molecule has 4 nitrogen and oxygen atoms in total. The number of esters is 1. The van der Waals surface area contributed by atoms with Crippen molar-refractivity contribution in [2.45, 2.75) is 22.4 Å². The Morgan fingerprint density at radius 3 is 2.42 bits per heavy atom. The lowest BCUT2D eigenvalue weighted by atomic mass is 10.1. The molecule has 0 aromatic heterocycles. The maximum atomic E-state index is 13.1. The summed E-state index contributed by atoms with van der Waals surface area (Å²) in [6.45, 7) is 1.93. The molecule has 3 aromatic rings. The lowest BCUT2D eigenvalue weighted by Gasteiger charge is -2.24. The van der Waals surface area contributed by atoms with Crippen LogP contribution in [0, 0.1) is 0 Å². The maximum Gasteiger partial charge on any atom is 0.322 e. The lowest BCUT2D eigenvalue weighted by Crippen LogP contribution is -2.22. The number of benzene rings is 3. The normalized spacial score (nSPS) is 20.7. The Kier molecular flexibility index (Phi) is 7.54. The molecule has 3 atom stereocenters. The maximum absolute atomic E-state index is 13.1. The zero-order valence-electron chi connectivity index (χ0n) is 18.0. The highest BCUT2D eigenvalue weighted by atomic mass is 35.5. The second-order valence-corrected chi connectivity index (χ2v) is 11.3. The minimum Gasteiger partial charge on any atom is -0.497 e. The molecule has 4 rings (SSSR count). The van der Waals surface area contributed by atoms with Crippen LogP contribution in [0.2, 0.25) is 5.02 Å². The average Bonchev–Trinajstić information content (AvgIpc) is 3.14. The molecular weight excluding hydrogens is 494 g/mol. The number of thioether (sulfide) groups is 2. The van der Waals surface area contributed by atoms with E-state index >= 15 is 0 Å². The van der Waals surface area contributed by atoms with Crippen molar-refractivity contribution in [3.8, 4) is 5.75 Å². The molecule has 1 unspecified atom stereocenters. The van der Waals surface area contributed by atoms with Crippen LogP contribution in [0.5, 0.6) is 5.75 Å². The first kappa shape index (κ1) is 24.0. The fourth-order valence-corrected chi connectivity index (χ4v) is 6.65. The standard InChI is InChI=1S/C25H22ClNO3S3/c1-25(17-6-4-3-5-7-17)30-23(28)22(33-25)21(16-8-10-18(26)11-9-16)32-24(31)27-19-12-14-20(29-2)15-13-19/h3-15,21-22H,1-2H3,(H,27,31)/t21-,22+,25?/m1/s1. The molecule has 3 aromatic carbocycles. The molecule has 0 saturated carbocycles. The molecule has 33 heavy (non-hydrogen) atoms. The number of thiocarbonyl (C=S) groups is 1. The third kappa shape index (κ3) is 5.66. The molecule has 1 saturated heterocycles. The van der Waals surface area contributed by atoms with Crippen molar-refractivity contribution in [2.24, 2.45) is 0 Å². The van der Waals surface area contributed by atoms with E-state index in [1.807, 2.05) is 85.8 Å². The van der Waals surface area contributed by atoms with Gasteiger partial charge in [-0.1, -0.05) is 89.8 Å². The number of nitrogens with one attached hydrogen (secondary N) is 1. The number of carbonyl (C=O) groups excluding carboxylic acids is 1. The number of ether oxygens (including phenoxy) is 2. The SMILES string of the molecule is COc1ccc(NC(=S)S[C@H](c2ccc(Cl)cc2)[C@@H]2SC(C)(c3ccccc3)OC2=O)cc1. The number of carbonyl (C=O) groups is 1. The molecule has 8 heteroatoms. The van der Waals surface area contributed by atoms with Gasteiger partial charge < -0.3 is 14.8 Å². The molecule has 0 amide bonds. The van der Waals surface area contributed by atoms with Gasteiger partial charge in [0.25, 0.3) is 0 Å². The Balaban J connectivity index is 1.58. The summed E-state index contributed by atoms with van der Waals surface area (Å²) >= 11 is 14.7. The summed E-state index contributed by atoms with van der Waals surface area (Å²) in [5.41, 5.74) is 2.75. The highest BCUT2D eigenvalue weighted by Gasteiger charge is 2.49. The highest BCUT2D eigenvalue weighted by molar-refractivity contribution is 8.24.